The van der Waals surface area contributed by atoms with Crippen LogP contribution in [0.15, 0.2) is 97.2 Å². The van der Waals surface area contributed by atoms with E-state index in [2.05, 4.69) is 52.5 Å². The summed E-state index contributed by atoms with van der Waals surface area (Å²) in [5.41, 5.74) is 6.61. The van der Waals surface area contributed by atoms with Crippen LogP contribution >= 0.6 is 0 Å². The van der Waals surface area contributed by atoms with Gasteiger partial charge in [0.05, 0.1) is 11.7 Å². The molecule has 1 aliphatic rings. The summed E-state index contributed by atoms with van der Waals surface area (Å²) >= 11 is 0. The van der Waals surface area contributed by atoms with Crippen LogP contribution in [-0.2, 0) is 4.79 Å². The van der Waals surface area contributed by atoms with E-state index in [0.29, 0.717) is 11.4 Å². The maximum atomic E-state index is 13.8. The van der Waals surface area contributed by atoms with E-state index >= 15 is 0 Å². The first kappa shape index (κ1) is 22.7. The molecule has 2 N–H and O–H groups in total. The number of aromatic nitrogens is 2. The molecule has 0 saturated carbocycles. The van der Waals surface area contributed by atoms with Crippen molar-refractivity contribution in [2.75, 3.05) is 5.32 Å². The van der Waals surface area contributed by atoms with Gasteiger partial charge in [-0.2, -0.15) is 0 Å². The summed E-state index contributed by atoms with van der Waals surface area (Å²) in [5, 5.41) is 3.89. The Morgan fingerprint density at radius 1 is 0.946 bits per heavy atom. The number of hydrogen-bond donors (Lipinski definition) is 2. The van der Waals surface area contributed by atoms with Crippen molar-refractivity contribution in [3.8, 4) is 11.3 Å². The standard InChI is InChI=1S/C31H26N4O2/c1-19-14-16-21(17-15-19)28-27(24-11-5-6-12-25(24)33-28)29-22-9-3-4-10-23(22)31(37)35(29)20(2)30(36)34-26-13-7-8-18-32-26/h3-18,20,29,33H,1-2H3,(H,32,34,36). The van der Waals surface area contributed by atoms with Crippen molar-refractivity contribution in [3.63, 3.8) is 0 Å². The van der Waals surface area contributed by atoms with E-state index in [1.54, 1.807) is 30.2 Å². The Kier molecular flexibility index (Phi) is 5.57. The van der Waals surface area contributed by atoms with Gasteiger partial charge in [-0.3, -0.25) is 9.59 Å². The predicted octanol–water partition coefficient (Wildman–Crippen LogP) is 6.11. The zero-order chi connectivity index (χ0) is 25.5. The number of nitrogens with zero attached hydrogens (tertiary/aromatic N) is 2. The lowest BCUT2D eigenvalue weighted by Gasteiger charge is -2.31. The molecule has 0 aliphatic carbocycles. The van der Waals surface area contributed by atoms with E-state index in [0.717, 1.165) is 33.3 Å². The zero-order valence-corrected chi connectivity index (χ0v) is 20.6. The van der Waals surface area contributed by atoms with Gasteiger partial charge in [0.1, 0.15) is 11.9 Å². The van der Waals surface area contributed by atoms with Crippen LogP contribution in [0.4, 0.5) is 5.82 Å². The molecule has 2 amide bonds. The summed E-state index contributed by atoms with van der Waals surface area (Å²) in [6, 6.07) is 28.3. The van der Waals surface area contributed by atoms with E-state index < -0.39 is 12.1 Å². The highest BCUT2D eigenvalue weighted by Crippen LogP contribution is 2.46. The molecule has 0 radical (unpaired) electrons. The summed E-state index contributed by atoms with van der Waals surface area (Å²) in [7, 11) is 0. The Balaban J connectivity index is 1.52. The van der Waals surface area contributed by atoms with Crippen LogP contribution in [0.5, 0.6) is 0 Å². The van der Waals surface area contributed by atoms with Crippen LogP contribution in [0.2, 0.25) is 0 Å². The number of carbonyl (C=O) groups is 2. The first-order valence-corrected chi connectivity index (χ1v) is 12.3. The smallest absolute Gasteiger partial charge is 0.255 e. The first-order chi connectivity index (χ1) is 18.0. The number of rotatable bonds is 5. The van der Waals surface area contributed by atoms with Gasteiger partial charge in [-0.1, -0.05) is 72.3 Å². The Labute approximate surface area is 215 Å². The number of aromatic amines is 1. The predicted molar refractivity (Wildman–Crippen MR) is 145 cm³/mol. The lowest BCUT2D eigenvalue weighted by atomic mass is 9.92. The second kappa shape index (κ2) is 9.06. The number of anilines is 1. The molecule has 37 heavy (non-hydrogen) atoms. The third-order valence-corrected chi connectivity index (χ3v) is 7.07. The van der Waals surface area contributed by atoms with Crippen LogP contribution in [0, 0.1) is 6.92 Å². The van der Waals surface area contributed by atoms with Gasteiger partial charge in [0.2, 0.25) is 5.91 Å². The van der Waals surface area contributed by atoms with Crippen molar-refractivity contribution in [2.24, 2.45) is 0 Å². The quantitative estimate of drug-likeness (QED) is 0.315. The SMILES string of the molecule is Cc1ccc(-c2[nH]c3ccccc3c2C2c3ccccc3C(=O)N2C(C)C(=O)Nc2ccccn2)cc1. The van der Waals surface area contributed by atoms with Gasteiger partial charge in [-0.15, -0.1) is 0 Å². The van der Waals surface area contributed by atoms with Crippen molar-refractivity contribution in [1.82, 2.24) is 14.9 Å². The second-order valence-corrected chi connectivity index (χ2v) is 9.41. The second-order valence-electron chi connectivity index (χ2n) is 9.41. The molecule has 5 aromatic rings. The van der Waals surface area contributed by atoms with Gasteiger partial charge < -0.3 is 15.2 Å². The summed E-state index contributed by atoms with van der Waals surface area (Å²) in [6.45, 7) is 3.83. The minimum Gasteiger partial charge on any atom is -0.354 e. The monoisotopic (exact) mass is 486 g/mol. The third kappa shape index (κ3) is 3.87. The molecule has 0 fully saturated rings. The van der Waals surface area contributed by atoms with Gasteiger partial charge in [0, 0.05) is 28.2 Å². The fourth-order valence-corrected chi connectivity index (χ4v) is 5.22. The number of hydrogen-bond acceptors (Lipinski definition) is 3. The summed E-state index contributed by atoms with van der Waals surface area (Å²) < 4.78 is 0. The average Bonchev–Trinajstić information content (AvgIpc) is 3.44. The number of benzene rings is 3. The molecular weight excluding hydrogens is 460 g/mol. The van der Waals surface area contributed by atoms with Crippen LogP contribution < -0.4 is 5.32 Å². The molecule has 0 saturated heterocycles. The molecular formula is C31H26N4O2. The van der Waals surface area contributed by atoms with Gasteiger partial charge >= 0.3 is 0 Å². The van der Waals surface area contributed by atoms with Crippen LogP contribution in [-0.4, -0.2) is 32.7 Å². The highest BCUT2D eigenvalue weighted by Gasteiger charge is 2.44. The van der Waals surface area contributed by atoms with E-state index in [9.17, 15) is 9.59 Å². The molecule has 3 heterocycles. The van der Waals surface area contributed by atoms with Crippen molar-refractivity contribution >= 4 is 28.5 Å². The van der Waals surface area contributed by atoms with Gasteiger partial charge in [-0.05, 0) is 49.2 Å². The molecule has 6 rings (SSSR count). The number of fused-ring (bicyclic) bond motifs is 2. The molecule has 1 aliphatic heterocycles. The number of H-pyrrole nitrogens is 1. The summed E-state index contributed by atoms with van der Waals surface area (Å²) in [5.74, 6) is -0.00140. The number of nitrogens with one attached hydrogen (secondary N) is 2. The first-order valence-electron chi connectivity index (χ1n) is 12.3. The Hall–Kier alpha value is -4.71. The van der Waals surface area contributed by atoms with E-state index in [4.69, 9.17) is 0 Å². The summed E-state index contributed by atoms with van der Waals surface area (Å²) in [4.78, 5) is 36.8. The lowest BCUT2D eigenvalue weighted by Crippen LogP contribution is -2.44. The Morgan fingerprint density at radius 2 is 1.68 bits per heavy atom. The topological polar surface area (TPSA) is 78.1 Å². The summed E-state index contributed by atoms with van der Waals surface area (Å²) in [6.07, 6.45) is 1.62. The molecule has 182 valence electrons. The number of para-hydroxylation sites is 1. The zero-order valence-electron chi connectivity index (χ0n) is 20.6. The van der Waals surface area contributed by atoms with Gasteiger partial charge in [0.25, 0.3) is 5.91 Å². The Bertz CT molecular complexity index is 1620. The van der Waals surface area contributed by atoms with Crippen molar-refractivity contribution in [1.29, 1.82) is 0 Å². The number of pyridine rings is 1. The maximum Gasteiger partial charge on any atom is 0.255 e. The van der Waals surface area contributed by atoms with E-state index in [1.807, 2.05) is 48.5 Å². The van der Waals surface area contributed by atoms with Crippen molar-refractivity contribution < 1.29 is 9.59 Å². The van der Waals surface area contributed by atoms with Gasteiger partial charge in [0.15, 0.2) is 0 Å². The maximum absolute atomic E-state index is 13.8. The highest BCUT2D eigenvalue weighted by atomic mass is 16.2. The molecule has 2 aromatic heterocycles. The molecule has 6 heteroatoms. The largest absolute Gasteiger partial charge is 0.354 e. The van der Waals surface area contributed by atoms with Crippen molar-refractivity contribution in [2.45, 2.75) is 25.9 Å². The molecule has 0 bridgehead atoms. The number of aryl methyl sites for hydroxylation is 1. The molecule has 6 nitrogen and oxygen atoms in total. The molecule has 2 unspecified atom stereocenters. The van der Waals surface area contributed by atoms with Gasteiger partial charge in [-0.25, -0.2) is 4.98 Å². The fourth-order valence-electron chi connectivity index (χ4n) is 5.22. The highest BCUT2D eigenvalue weighted by molar-refractivity contribution is 6.05. The van der Waals surface area contributed by atoms with E-state index in [1.165, 1.54) is 5.56 Å². The molecule has 3 aromatic carbocycles. The molecule has 0 spiro atoms. The normalized spacial score (nSPS) is 15.6. The average molecular weight is 487 g/mol. The minimum atomic E-state index is -0.744. The fraction of sp³-hybridized carbons (Fsp3) is 0.129. The number of carbonyl (C=O) groups excluding carboxylic acids is 2. The Morgan fingerprint density at radius 3 is 2.46 bits per heavy atom. The van der Waals surface area contributed by atoms with Crippen LogP contribution in [0.25, 0.3) is 22.2 Å². The van der Waals surface area contributed by atoms with Crippen LogP contribution in [0.3, 0.4) is 0 Å². The lowest BCUT2D eigenvalue weighted by molar-refractivity contribution is -0.120. The van der Waals surface area contributed by atoms with Crippen LogP contribution in [0.1, 0.15) is 40.0 Å². The van der Waals surface area contributed by atoms with E-state index in [-0.39, 0.29) is 11.8 Å². The van der Waals surface area contributed by atoms with Crippen molar-refractivity contribution in [3.05, 3.63) is 119 Å². The molecule has 2 atom stereocenters. The third-order valence-electron chi connectivity index (χ3n) is 7.07. The minimum absolute atomic E-state index is 0.163. The number of amides is 2.